The van der Waals surface area contributed by atoms with Crippen LogP contribution in [0.1, 0.15) is 46.5 Å². The molecule has 1 saturated carbocycles. The third kappa shape index (κ3) is 1.36. The van der Waals surface area contributed by atoms with E-state index in [1.165, 1.54) is 25.7 Å². The minimum absolute atomic E-state index is 0.523. The Kier molecular flexibility index (Phi) is 2.13. The Morgan fingerprint density at radius 1 is 1.27 bits per heavy atom. The molecule has 0 amide bonds. The largest absolute Gasteiger partial charge is 0.103 e. The summed E-state index contributed by atoms with van der Waals surface area (Å²) in [6.45, 7) is 11.0. The fourth-order valence-electron chi connectivity index (χ4n) is 2.26. The van der Waals surface area contributed by atoms with Crippen LogP contribution in [0.15, 0.2) is 12.7 Å². The fourth-order valence-corrected chi connectivity index (χ4v) is 2.26. The summed E-state index contributed by atoms with van der Waals surface area (Å²) in [7, 11) is 0. The maximum absolute atomic E-state index is 3.83. The van der Waals surface area contributed by atoms with Gasteiger partial charge in [0.1, 0.15) is 0 Å². The molecular weight excluding hydrogens is 132 g/mol. The number of hydrogen-bond acceptors (Lipinski definition) is 0. The first-order valence-corrected chi connectivity index (χ1v) is 4.63. The normalized spacial score (nSPS) is 35.5. The molecule has 0 aromatic rings. The fraction of sp³-hybridized carbons (Fsp3) is 0.818. The third-order valence-electron chi connectivity index (χ3n) is 3.76. The molecule has 0 heteroatoms. The summed E-state index contributed by atoms with van der Waals surface area (Å²) in [6.07, 6.45) is 7.42. The minimum atomic E-state index is 0.523. The summed E-state index contributed by atoms with van der Waals surface area (Å²) in [5.41, 5.74) is 1.05. The van der Waals surface area contributed by atoms with Crippen molar-refractivity contribution in [2.45, 2.75) is 46.5 Å². The Hall–Kier alpha value is -0.260. The average molecular weight is 152 g/mol. The van der Waals surface area contributed by atoms with Gasteiger partial charge in [-0.1, -0.05) is 33.3 Å². The lowest BCUT2D eigenvalue weighted by Gasteiger charge is -2.37. The highest BCUT2D eigenvalue weighted by atomic mass is 14.5. The van der Waals surface area contributed by atoms with Crippen molar-refractivity contribution in [3.63, 3.8) is 0 Å². The first kappa shape index (κ1) is 8.83. The van der Waals surface area contributed by atoms with Gasteiger partial charge in [0, 0.05) is 0 Å². The van der Waals surface area contributed by atoms with E-state index in [4.69, 9.17) is 0 Å². The maximum atomic E-state index is 3.83. The van der Waals surface area contributed by atoms with E-state index in [1.807, 2.05) is 0 Å². The summed E-state index contributed by atoms with van der Waals surface area (Å²) in [5, 5.41) is 0. The molecule has 1 atom stereocenters. The summed E-state index contributed by atoms with van der Waals surface area (Å²) >= 11 is 0. The van der Waals surface area contributed by atoms with Gasteiger partial charge in [0.05, 0.1) is 0 Å². The molecule has 0 nitrogen and oxygen atoms in total. The standard InChI is InChI=1S/C11H20/c1-5-7-11(4)9-6-8-10(11,2)3/h5H,1,6-9H2,2-4H3. The second kappa shape index (κ2) is 2.66. The van der Waals surface area contributed by atoms with E-state index in [-0.39, 0.29) is 0 Å². The quantitative estimate of drug-likeness (QED) is 0.528. The van der Waals surface area contributed by atoms with Crippen molar-refractivity contribution in [3.05, 3.63) is 12.7 Å². The van der Waals surface area contributed by atoms with Crippen molar-refractivity contribution in [2.24, 2.45) is 10.8 Å². The molecule has 0 spiro atoms. The first-order valence-electron chi connectivity index (χ1n) is 4.63. The topological polar surface area (TPSA) is 0 Å². The zero-order chi connectivity index (χ0) is 8.54. The number of rotatable bonds is 2. The summed E-state index contributed by atoms with van der Waals surface area (Å²) in [4.78, 5) is 0. The van der Waals surface area contributed by atoms with E-state index >= 15 is 0 Å². The van der Waals surface area contributed by atoms with Crippen molar-refractivity contribution < 1.29 is 0 Å². The maximum Gasteiger partial charge on any atom is -0.0240 e. The van der Waals surface area contributed by atoms with Gasteiger partial charge < -0.3 is 0 Å². The van der Waals surface area contributed by atoms with Crippen LogP contribution in [0, 0.1) is 10.8 Å². The molecule has 1 unspecified atom stereocenters. The Balaban J connectivity index is 2.75. The molecule has 0 saturated heterocycles. The van der Waals surface area contributed by atoms with E-state index in [9.17, 15) is 0 Å². The van der Waals surface area contributed by atoms with Crippen LogP contribution in [0.5, 0.6) is 0 Å². The van der Waals surface area contributed by atoms with Gasteiger partial charge in [-0.2, -0.15) is 0 Å². The Morgan fingerprint density at radius 3 is 2.27 bits per heavy atom. The minimum Gasteiger partial charge on any atom is -0.103 e. The van der Waals surface area contributed by atoms with Gasteiger partial charge in [-0.3, -0.25) is 0 Å². The van der Waals surface area contributed by atoms with Crippen LogP contribution >= 0.6 is 0 Å². The highest BCUT2D eigenvalue weighted by molar-refractivity contribution is 4.98. The van der Waals surface area contributed by atoms with Gasteiger partial charge in [-0.05, 0) is 30.1 Å². The average Bonchev–Trinajstić information content (AvgIpc) is 2.09. The zero-order valence-corrected chi connectivity index (χ0v) is 8.11. The van der Waals surface area contributed by atoms with Gasteiger partial charge in [-0.25, -0.2) is 0 Å². The lowest BCUT2D eigenvalue weighted by Crippen LogP contribution is -2.28. The van der Waals surface area contributed by atoms with E-state index in [0.717, 1.165) is 0 Å². The SMILES string of the molecule is C=CCC1(C)CCCC1(C)C. The predicted octanol–water partition coefficient (Wildman–Crippen LogP) is 3.78. The molecule has 1 aliphatic rings. The molecule has 0 bridgehead atoms. The van der Waals surface area contributed by atoms with Crippen LogP contribution in [0.2, 0.25) is 0 Å². The molecule has 0 N–H and O–H groups in total. The van der Waals surface area contributed by atoms with E-state index < -0.39 is 0 Å². The molecule has 1 rings (SSSR count). The molecule has 0 radical (unpaired) electrons. The lowest BCUT2D eigenvalue weighted by molar-refractivity contribution is 0.136. The van der Waals surface area contributed by atoms with Gasteiger partial charge in [0.2, 0.25) is 0 Å². The monoisotopic (exact) mass is 152 g/mol. The molecule has 64 valence electrons. The summed E-state index contributed by atoms with van der Waals surface area (Å²) in [6, 6.07) is 0. The van der Waals surface area contributed by atoms with Crippen LogP contribution in [0.3, 0.4) is 0 Å². The van der Waals surface area contributed by atoms with Crippen molar-refractivity contribution in [3.8, 4) is 0 Å². The molecule has 11 heavy (non-hydrogen) atoms. The van der Waals surface area contributed by atoms with Crippen molar-refractivity contribution in [1.29, 1.82) is 0 Å². The molecular formula is C11H20. The molecule has 1 fully saturated rings. The lowest BCUT2D eigenvalue weighted by atomic mass is 9.67. The van der Waals surface area contributed by atoms with Crippen LogP contribution in [-0.4, -0.2) is 0 Å². The van der Waals surface area contributed by atoms with Gasteiger partial charge in [0.15, 0.2) is 0 Å². The molecule has 0 aromatic heterocycles. The van der Waals surface area contributed by atoms with Crippen LogP contribution < -0.4 is 0 Å². The molecule has 0 aromatic carbocycles. The Morgan fingerprint density at radius 2 is 1.91 bits per heavy atom. The van der Waals surface area contributed by atoms with Crippen molar-refractivity contribution in [2.75, 3.05) is 0 Å². The first-order chi connectivity index (χ1) is 5.02. The van der Waals surface area contributed by atoms with Crippen LogP contribution in [0.4, 0.5) is 0 Å². The summed E-state index contributed by atoms with van der Waals surface area (Å²) in [5.74, 6) is 0. The second-order valence-electron chi connectivity index (χ2n) is 4.79. The van der Waals surface area contributed by atoms with E-state index in [0.29, 0.717) is 10.8 Å². The summed E-state index contributed by atoms with van der Waals surface area (Å²) < 4.78 is 0. The molecule has 1 aliphatic carbocycles. The second-order valence-corrected chi connectivity index (χ2v) is 4.79. The molecule has 0 aliphatic heterocycles. The highest BCUT2D eigenvalue weighted by Crippen LogP contribution is 2.54. The van der Waals surface area contributed by atoms with E-state index in [1.54, 1.807) is 0 Å². The van der Waals surface area contributed by atoms with Crippen LogP contribution in [0.25, 0.3) is 0 Å². The van der Waals surface area contributed by atoms with Gasteiger partial charge in [0.25, 0.3) is 0 Å². The predicted molar refractivity (Wildman–Crippen MR) is 50.6 cm³/mol. The van der Waals surface area contributed by atoms with Gasteiger partial charge in [-0.15, -0.1) is 6.58 Å². The smallest absolute Gasteiger partial charge is 0.0240 e. The van der Waals surface area contributed by atoms with Crippen molar-refractivity contribution >= 4 is 0 Å². The van der Waals surface area contributed by atoms with E-state index in [2.05, 4.69) is 33.4 Å². The van der Waals surface area contributed by atoms with Crippen LogP contribution in [-0.2, 0) is 0 Å². The number of hydrogen-bond donors (Lipinski definition) is 0. The number of allylic oxidation sites excluding steroid dienone is 1. The Bertz CT molecular complexity index is 155. The third-order valence-corrected chi connectivity index (χ3v) is 3.76. The zero-order valence-electron chi connectivity index (χ0n) is 8.11. The molecule has 0 heterocycles. The highest BCUT2D eigenvalue weighted by Gasteiger charge is 2.43. The Labute approximate surface area is 70.7 Å². The van der Waals surface area contributed by atoms with Crippen molar-refractivity contribution in [1.82, 2.24) is 0 Å². The van der Waals surface area contributed by atoms with Gasteiger partial charge >= 0.3 is 0 Å².